The van der Waals surface area contributed by atoms with Gasteiger partial charge in [-0.25, -0.2) is 0 Å². The quantitative estimate of drug-likeness (QED) is 0.305. The van der Waals surface area contributed by atoms with Crippen molar-refractivity contribution in [2.45, 2.75) is 38.5 Å². The summed E-state index contributed by atoms with van der Waals surface area (Å²) in [7, 11) is 0. The monoisotopic (exact) mass is 487 g/mol. The molecule has 2 aromatic heterocycles. The van der Waals surface area contributed by atoms with E-state index in [4.69, 9.17) is 13.7 Å². The standard InChI is InChI=1S/C29H33N3O4/c33-24(22-35-25-13-6-2-7-14-25)19-31(20-26-15-10-18-34-26)21-27-28(23-11-4-1-5-12-23)30-36-29(27)32-16-8-3-9-17-32/h1-2,4-7,10-15,18,24,33H,3,8-9,16-17,19-22H2/t24-/m0/s1. The highest BCUT2D eigenvalue weighted by atomic mass is 16.5. The van der Waals surface area contributed by atoms with Crippen molar-refractivity contribution in [3.8, 4) is 17.0 Å². The number of ether oxygens (including phenoxy) is 1. The third-order valence-electron chi connectivity index (χ3n) is 6.45. The van der Waals surface area contributed by atoms with Crippen molar-refractivity contribution < 1.29 is 18.8 Å². The topological polar surface area (TPSA) is 75.1 Å². The molecule has 0 spiro atoms. The Kier molecular flexibility index (Phi) is 8.00. The summed E-state index contributed by atoms with van der Waals surface area (Å²) in [5.74, 6) is 2.41. The zero-order valence-electron chi connectivity index (χ0n) is 20.5. The molecule has 0 radical (unpaired) electrons. The lowest BCUT2D eigenvalue weighted by Gasteiger charge is -2.29. The van der Waals surface area contributed by atoms with Crippen molar-refractivity contribution in [3.63, 3.8) is 0 Å². The molecule has 36 heavy (non-hydrogen) atoms. The summed E-state index contributed by atoms with van der Waals surface area (Å²) in [5.41, 5.74) is 2.90. The Morgan fingerprint density at radius 1 is 0.917 bits per heavy atom. The maximum absolute atomic E-state index is 10.9. The minimum atomic E-state index is -0.682. The fourth-order valence-electron chi connectivity index (χ4n) is 4.70. The normalized spacial score (nSPS) is 14.8. The molecular weight excluding hydrogens is 454 g/mol. The van der Waals surface area contributed by atoms with Gasteiger partial charge >= 0.3 is 0 Å². The number of aliphatic hydroxyl groups excluding tert-OH is 1. The van der Waals surface area contributed by atoms with E-state index in [9.17, 15) is 5.11 Å². The second-order valence-electron chi connectivity index (χ2n) is 9.26. The van der Waals surface area contributed by atoms with Crippen molar-refractivity contribution >= 4 is 5.88 Å². The van der Waals surface area contributed by atoms with Crippen LogP contribution in [0.1, 0.15) is 30.6 Å². The fraction of sp³-hybridized carbons (Fsp3) is 0.345. The van der Waals surface area contributed by atoms with Crippen LogP contribution in [-0.4, -0.2) is 47.5 Å². The molecule has 2 aromatic carbocycles. The molecule has 1 atom stereocenters. The van der Waals surface area contributed by atoms with Gasteiger partial charge < -0.3 is 23.7 Å². The molecule has 3 heterocycles. The molecule has 1 saturated heterocycles. The van der Waals surface area contributed by atoms with Gasteiger partial charge in [0.25, 0.3) is 0 Å². The number of benzene rings is 2. The number of furan rings is 1. The summed E-state index contributed by atoms with van der Waals surface area (Å²) in [6.07, 6.45) is 4.53. The number of aliphatic hydroxyl groups is 1. The van der Waals surface area contributed by atoms with E-state index >= 15 is 0 Å². The SMILES string of the molecule is O[C@H](COc1ccccc1)CN(Cc1ccco1)Cc1c(-c2ccccc2)noc1N1CCCCC1. The maximum Gasteiger partial charge on any atom is 0.232 e. The number of rotatable bonds is 11. The van der Waals surface area contributed by atoms with Gasteiger partial charge in [0.1, 0.15) is 29.9 Å². The lowest BCUT2D eigenvalue weighted by Crippen LogP contribution is -2.36. The molecule has 1 aliphatic rings. The lowest BCUT2D eigenvalue weighted by atomic mass is 10.1. The second kappa shape index (κ2) is 11.9. The van der Waals surface area contributed by atoms with Crippen LogP contribution in [-0.2, 0) is 13.1 Å². The van der Waals surface area contributed by atoms with E-state index < -0.39 is 6.10 Å². The van der Waals surface area contributed by atoms with Crippen LogP contribution < -0.4 is 9.64 Å². The molecule has 1 N–H and O–H groups in total. The Bertz CT molecular complexity index is 1170. The molecule has 7 nitrogen and oxygen atoms in total. The minimum Gasteiger partial charge on any atom is -0.491 e. The highest BCUT2D eigenvalue weighted by Crippen LogP contribution is 2.34. The molecule has 0 amide bonds. The highest BCUT2D eigenvalue weighted by Gasteiger charge is 2.26. The average Bonchev–Trinajstić information content (AvgIpc) is 3.59. The van der Waals surface area contributed by atoms with Crippen LogP contribution in [0, 0.1) is 0 Å². The van der Waals surface area contributed by atoms with Crippen LogP contribution in [0.2, 0.25) is 0 Å². The molecule has 0 unspecified atom stereocenters. The van der Waals surface area contributed by atoms with Crippen LogP contribution in [0.4, 0.5) is 5.88 Å². The van der Waals surface area contributed by atoms with Gasteiger partial charge in [0.2, 0.25) is 5.88 Å². The van der Waals surface area contributed by atoms with Gasteiger partial charge in [-0.05, 0) is 43.5 Å². The van der Waals surface area contributed by atoms with E-state index in [1.54, 1.807) is 6.26 Å². The summed E-state index contributed by atoms with van der Waals surface area (Å²) in [6.45, 7) is 3.64. The van der Waals surface area contributed by atoms with Gasteiger partial charge in [0.15, 0.2) is 0 Å². The summed E-state index contributed by atoms with van der Waals surface area (Å²) in [4.78, 5) is 4.47. The number of piperidine rings is 1. The fourth-order valence-corrected chi connectivity index (χ4v) is 4.70. The summed E-state index contributed by atoms with van der Waals surface area (Å²) in [5, 5.41) is 15.4. The molecule has 188 valence electrons. The number of para-hydroxylation sites is 1. The second-order valence-corrected chi connectivity index (χ2v) is 9.26. The zero-order chi connectivity index (χ0) is 24.6. The van der Waals surface area contributed by atoms with E-state index in [1.807, 2.05) is 60.7 Å². The van der Waals surface area contributed by atoms with Gasteiger partial charge in [0.05, 0.1) is 18.4 Å². The number of aromatic nitrogens is 1. The summed E-state index contributed by atoms with van der Waals surface area (Å²) in [6, 6.07) is 23.5. The van der Waals surface area contributed by atoms with Crippen LogP contribution in [0.25, 0.3) is 11.3 Å². The molecule has 0 saturated carbocycles. The summed E-state index contributed by atoms with van der Waals surface area (Å²) >= 11 is 0. The number of nitrogens with zero attached hydrogens (tertiary/aromatic N) is 3. The highest BCUT2D eigenvalue weighted by molar-refractivity contribution is 5.68. The van der Waals surface area contributed by atoms with Crippen LogP contribution in [0.15, 0.2) is 88.0 Å². The van der Waals surface area contributed by atoms with Crippen molar-refractivity contribution in [1.29, 1.82) is 0 Å². The number of hydrogen-bond acceptors (Lipinski definition) is 7. The van der Waals surface area contributed by atoms with Crippen LogP contribution in [0.5, 0.6) is 5.75 Å². The number of hydrogen-bond donors (Lipinski definition) is 1. The Hall–Kier alpha value is -3.55. The predicted molar refractivity (Wildman–Crippen MR) is 139 cm³/mol. The maximum atomic E-state index is 10.9. The predicted octanol–water partition coefficient (Wildman–Crippen LogP) is 5.37. The van der Waals surface area contributed by atoms with Crippen molar-refractivity contribution in [3.05, 3.63) is 90.4 Å². The van der Waals surface area contributed by atoms with Gasteiger partial charge in [-0.3, -0.25) is 4.90 Å². The van der Waals surface area contributed by atoms with Crippen LogP contribution >= 0.6 is 0 Å². The van der Waals surface area contributed by atoms with E-state index in [1.165, 1.54) is 6.42 Å². The molecule has 7 heteroatoms. The van der Waals surface area contributed by atoms with Crippen molar-refractivity contribution in [2.24, 2.45) is 0 Å². The molecule has 0 bridgehead atoms. The first-order valence-corrected chi connectivity index (χ1v) is 12.7. The Morgan fingerprint density at radius 3 is 2.39 bits per heavy atom. The van der Waals surface area contributed by atoms with E-state index in [2.05, 4.69) is 27.1 Å². The van der Waals surface area contributed by atoms with Crippen LogP contribution in [0.3, 0.4) is 0 Å². The van der Waals surface area contributed by atoms with Crippen molar-refractivity contribution in [1.82, 2.24) is 10.1 Å². The van der Waals surface area contributed by atoms with Gasteiger partial charge in [-0.15, -0.1) is 0 Å². The third-order valence-corrected chi connectivity index (χ3v) is 6.45. The van der Waals surface area contributed by atoms with E-state index in [0.29, 0.717) is 19.6 Å². The summed E-state index contributed by atoms with van der Waals surface area (Å²) < 4.78 is 17.4. The lowest BCUT2D eigenvalue weighted by molar-refractivity contribution is 0.0605. The first kappa shape index (κ1) is 24.2. The molecule has 1 fully saturated rings. The van der Waals surface area contributed by atoms with Gasteiger partial charge in [-0.1, -0.05) is 53.7 Å². The van der Waals surface area contributed by atoms with Gasteiger partial charge in [0, 0.05) is 31.7 Å². The molecular formula is C29H33N3O4. The molecule has 5 rings (SSSR count). The third kappa shape index (κ3) is 6.17. The Morgan fingerprint density at radius 2 is 1.67 bits per heavy atom. The minimum absolute atomic E-state index is 0.201. The molecule has 0 aliphatic carbocycles. The largest absolute Gasteiger partial charge is 0.491 e. The van der Waals surface area contributed by atoms with E-state index in [0.717, 1.165) is 60.1 Å². The van der Waals surface area contributed by atoms with Crippen molar-refractivity contribution in [2.75, 3.05) is 31.1 Å². The first-order chi connectivity index (χ1) is 17.8. The smallest absolute Gasteiger partial charge is 0.232 e. The Balaban J connectivity index is 1.39. The first-order valence-electron chi connectivity index (χ1n) is 12.7. The molecule has 4 aromatic rings. The zero-order valence-corrected chi connectivity index (χ0v) is 20.5. The van der Waals surface area contributed by atoms with E-state index in [-0.39, 0.29) is 6.61 Å². The number of anilines is 1. The molecule has 1 aliphatic heterocycles. The van der Waals surface area contributed by atoms with Gasteiger partial charge in [-0.2, -0.15) is 0 Å². The average molecular weight is 488 g/mol. The Labute approximate surface area is 211 Å².